The lowest BCUT2D eigenvalue weighted by atomic mass is 10.1. The van der Waals surface area contributed by atoms with Gasteiger partial charge in [-0.05, 0) is 134 Å². The molecule has 14 nitrogen and oxygen atoms in total. The van der Waals surface area contributed by atoms with E-state index >= 15 is 0 Å². The van der Waals surface area contributed by atoms with Crippen LogP contribution in [0.15, 0.2) is 97.6 Å². The third kappa shape index (κ3) is 12.0. The number of thioether (sulfide) groups is 2. The van der Waals surface area contributed by atoms with Crippen LogP contribution >= 0.6 is 67.0 Å². The van der Waals surface area contributed by atoms with Crippen molar-refractivity contribution in [1.29, 1.82) is 0 Å². The first kappa shape index (κ1) is 46.2. The number of rotatable bonds is 12. The van der Waals surface area contributed by atoms with Gasteiger partial charge in [0.25, 0.3) is 22.3 Å². The maximum absolute atomic E-state index is 12.9. The van der Waals surface area contributed by atoms with Gasteiger partial charge < -0.3 is 29.1 Å². The van der Waals surface area contributed by atoms with Crippen LogP contribution in [0.3, 0.4) is 0 Å². The fourth-order valence-corrected chi connectivity index (χ4v) is 9.46. The molecule has 4 aromatic rings. The summed E-state index contributed by atoms with van der Waals surface area (Å²) in [6, 6.07) is 24.3. The van der Waals surface area contributed by atoms with E-state index in [4.69, 9.17) is 30.9 Å². The van der Waals surface area contributed by atoms with E-state index in [0.29, 0.717) is 74.5 Å². The van der Waals surface area contributed by atoms with E-state index in [9.17, 15) is 28.8 Å². The molecule has 0 spiro atoms. The molecule has 322 valence electrons. The number of carboxylic acid groups (broad SMARTS) is 1. The lowest BCUT2D eigenvalue weighted by molar-refractivity contribution is -0.139. The molecule has 3 fully saturated rings. The van der Waals surface area contributed by atoms with Gasteiger partial charge in [-0.15, -0.1) is 0 Å². The zero-order chi connectivity index (χ0) is 44.5. The number of hydrogen-bond donors (Lipinski definition) is 2. The summed E-state index contributed by atoms with van der Waals surface area (Å²) in [7, 11) is 1.54. The first-order valence-corrected chi connectivity index (χ1v) is 22.3. The second-order valence-electron chi connectivity index (χ2n) is 13.6. The molecule has 3 heterocycles. The Morgan fingerprint density at radius 3 is 2.16 bits per heavy atom. The topological polar surface area (TPSA) is 172 Å². The Bertz CT molecular complexity index is 2460. The van der Waals surface area contributed by atoms with Crippen LogP contribution in [-0.4, -0.2) is 95.5 Å². The minimum atomic E-state index is -1.11. The molecule has 0 unspecified atom stereocenters. The number of benzene rings is 4. The Kier molecular flexibility index (Phi) is 15.8. The average Bonchev–Trinajstić information content (AvgIpc) is 3.70. The molecule has 5 amide bonds. The Balaban J connectivity index is 0.000000218. The molecule has 3 saturated heterocycles. The molecule has 3 aliphatic heterocycles. The van der Waals surface area contributed by atoms with E-state index in [-0.39, 0.29) is 22.6 Å². The molecule has 0 radical (unpaired) electrons. The van der Waals surface area contributed by atoms with E-state index in [1.165, 1.54) is 0 Å². The zero-order valence-electron chi connectivity index (χ0n) is 33.0. The number of piperazine rings is 1. The smallest absolute Gasteiger partial charge is 0.341 e. The third-order valence-electron chi connectivity index (χ3n) is 9.30. The molecular weight excluding hydrogens is 992 g/mol. The fourth-order valence-electron chi connectivity index (χ4n) is 6.20. The van der Waals surface area contributed by atoms with E-state index < -0.39 is 29.6 Å². The SMILES string of the molecule is COc1cc(/C=C2/SC(=O)NC2=O)ccc1OCc1ccc(C)cc1Cl.O=C(O)COc1c(Br)cc(/C=C2\SC(=O)N(CC(=O)N3CCN(c4ccccc4)CC3)C2=O)cc1Br. The maximum Gasteiger partial charge on any atom is 0.341 e. The quantitative estimate of drug-likeness (QED) is 0.129. The van der Waals surface area contributed by atoms with Crippen LogP contribution in [0.4, 0.5) is 15.3 Å². The summed E-state index contributed by atoms with van der Waals surface area (Å²) in [5, 5.41) is 10.8. The summed E-state index contributed by atoms with van der Waals surface area (Å²) >= 11 is 14.5. The van der Waals surface area contributed by atoms with Crippen LogP contribution in [0, 0.1) is 6.92 Å². The molecule has 3 aliphatic rings. The molecule has 19 heteroatoms. The van der Waals surface area contributed by atoms with Crippen LogP contribution in [0.5, 0.6) is 17.2 Å². The van der Waals surface area contributed by atoms with Gasteiger partial charge in [-0.3, -0.25) is 34.2 Å². The standard InChI is InChI=1S/C24H21Br2N3O6S.C19H16ClNO4S/c25-17-10-15(11-18(26)22(17)35-14-21(31)32)12-19-23(33)29(24(34)36-19)13-20(30)28-8-6-27(7-9-28)16-4-2-1-3-5-16;1-11-3-5-13(14(20)7-11)10-25-15-6-4-12(8-16(15)24-2)9-17-18(22)21-19(23)26-17/h1-5,10-12H,6-9,13-14H2,(H,31,32);3-9H,10H2,1-2H3,(H,21,22,23)/b19-12-;17-9+. The number of carbonyl (C=O) groups is 6. The third-order valence-corrected chi connectivity index (χ3v) is 12.5. The normalized spacial score (nSPS) is 16.4. The summed E-state index contributed by atoms with van der Waals surface area (Å²) in [4.78, 5) is 77.3. The number of aryl methyl sites for hydroxylation is 1. The monoisotopic (exact) mass is 1030 g/mol. The summed E-state index contributed by atoms with van der Waals surface area (Å²) in [6.07, 6.45) is 3.18. The number of anilines is 1. The molecule has 7 rings (SSSR count). The van der Waals surface area contributed by atoms with Crippen molar-refractivity contribution < 1.29 is 48.1 Å². The average molecular weight is 1030 g/mol. The molecule has 62 heavy (non-hydrogen) atoms. The second-order valence-corrected chi connectivity index (χ2v) is 17.7. The number of imide groups is 2. The maximum atomic E-state index is 12.9. The Morgan fingerprint density at radius 1 is 0.839 bits per heavy atom. The van der Waals surface area contributed by atoms with Crippen molar-refractivity contribution in [2.75, 3.05) is 51.3 Å². The van der Waals surface area contributed by atoms with Gasteiger partial charge in [-0.1, -0.05) is 48.0 Å². The van der Waals surface area contributed by atoms with Crippen molar-refractivity contribution in [3.8, 4) is 17.2 Å². The van der Waals surface area contributed by atoms with E-state index in [1.807, 2.05) is 55.5 Å². The molecule has 0 aromatic heterocycles. The number of halogens is 3. The molecular formula is C43H37Br2ClN4O10S2. The van der Waals surface area contributed by atoms with Gasteiger partial charge in [0.2, 0.25) is 5.91 Å². The van der Waals surface area contributed by atoms with E-state index in [1.54, 1.807) is 54.5 Å². The zero-order valence-corrected chi connectivity index (χ0v) is 38.6. The summed E-state index contributed by atoms with van der Waals surface area (Å²) < 4.78 is 17.4. The van der Waals surface area contributed by atoms with Crippen LogP contribution in [-0.2, 0) is 25.8 Å². The minimum Gasteiger partial charge on any atom is -0.493 e. The predicted octanol–water partition coefficient (Wildman–Crippen LogP) is 8.62. The molecule has 0 aliphatic carbocycles. The van der Waals surface area contributed by atoms with Crippen molar-refractivity contribution >= 4 is 119 Å². The molecule has 0 atom stereocenters. The van der Waals surface area contributed by atoms with Crippen molar-refractivity contribution in [2.24, 2.45) is 0 Å². The van der Waals surface area contributed by atoms with Crippen LogP contribution in [0.2, 0.25) is 5.02 Å². The number of methoxy groups -OCH3 is 1. The Hall–Kier alpha value is -5.27. The number of amides is 5. The lowest BCUT2D eigenvalue weighted by Crippen LogP contribution is -2.51. The first-order valence-electron chi connectivity index (χ1n) is 18.7. The van der Waals surface area contributed by atoms with E-state index in [2.05, 4.69) is 42.1 Å². The molecule has 2 N–H and O–H groups in total. The molecule has 4 aromatic carbocycles. The number of carboxylic acids is 1. The highest BCUT2D eigenvalue weighted by molar-refractivity contribution is 9.11. The number of nitrogens with zero attached hydrogens (tertiary/aromatic N) is 3. The fraction of sp³-hybridized carbons (Fsp3) is 0.209. The van der Waals surface area contributed by atoms with Gasteiger partial charge in [0.1, 0.15) is 18.9 Å². The highest BCUT2D eigenvalue weighted by Crippen LogP contribution is 2.38. The summed E-state index contributed by atoms with van der Waals surface area (Å²) in [6.45, 7) is 3.84. The van der Waals surface area contributed by atoms with Crippen molar-refractivity contribution in [3.05, 3.63) is 125 Å². The Labute approximate surface area is 386 Å². The highest BCUT2D eigenvalue weighted by atomic mass is 79.9. The largest absolute Gasteiger partial charge is 0.493 e. The number of aliphatic carboxylic acids is 1. The van der Waals surface area contributed by atoms with Crippen LogP contribution in [0.25, 0.3) is 12.2 Å². The van der Waals surface area contributed by atoms with Gasteiger partial charge in [0, 0.05) is 42.5 Å². The second kappa shape index (κ2) is 21.2. The lowest BCUT2D eigenvalue weighted by Gasteiger charge is -2.36. The summed E-state index contributed by atoms with van der Waals surface area (Å²) in [5.41, 5.74) is 4.38. The van der Waals surface area contributed by atoms with Crippen molar-refractivity contribution in [3.63, 3.8) is 0 Å². The first-order chi connectivity index (χ1) is 29.7. The number of ether oxygens (including phenoxy) is 3. The van der Waals surface area contributed by atoms with Gasteiger partial charge in [0.15, 0.2) is 18.1 Å². The van der Waals surface area contributed by atoms with Crippen molar-refractivity contribution in [2.45, 2.75) is 13.5 Å². The highest BCUT2D eigenvalue weighted by Gasteiger charge is 2.37. The molecule has 0 bridgehead atoms. The number of para-hydroxylation sites is 1. The van der Waals surface area contributed by atoms with Gasteiger partial charge in [-0.25, -0.2) is 4.79 Å². The van der Waals surface area contributed by atoms with Gasteiger partial charge >= 0.3 is 5.97 Å². The summed E-state index contributed by atoms with van der Waals surface area (Å²) in [5.74, 6) is -0.910. The Morgan fingerprint density at radius 2 is 1.53 bits per heavy atom. The van der Waals surface area contributed by atoms with Crippen LogP contribution in [0.1, 0.15) is 22.3 Å². The number of hydrogen-bond acceptors (Lipinski definition) is 12. The van der Waals surface area contributed by atoms with Crippen LogP contribution < -0.4 is 24.4 Å². The number of carbonyl (C=O) groups excluding carboxylic acids is 5. The van der Waals surface area contributed by atoms with Gasteiger partial charge in [0.05, 0.1) is 25.9 Å². The van der Waals surface area contributed by atoms with Gasteiger partial charge in [-0.2, -0.15) is 0 Å². The minimum absolute atomic E-state index is 0.194. The molecule has 0 saturated carbocycles. The predicted molar refractivity (Wildman–Crippen MR) is 246 cm³/mol. The number of nitrogens with one attached hydrogen (secondary N) is 1. The van der Waals surface area contributed by atoms with Crippen molar-refractivity contribution in [1.82, 2.24) is 15.1 Å². The van der Waals surface area contributed by atoms with E-state index in [0.717, 1.165) is 50.8 Å².